The summed E-state index contributed by atoms with van der Waals surface area (Å²) < 4.78 is 1.49. The summed E-state index contributed by atoms with van der Waals surface area (Å²) in [4.78, 5) is 14.2. The number of pyridine rings is 1. The summed E-state index contributed by atoms with van der Waals surface area (Å²) in [6.45, 7) is 2.01. The molecule has 2 aromatic rings. The number of hydrogen-bond acceptors (Lipinski definition) is 6. The van der Waals surface area contributed by atoms with Crippen molar-refractivity contribution in [3.05, 3.63) is 45.8 Å². The van der Waals surface area contributed by atoms with Crippen molar-refractivity contribution in [2.75, 3.05) is 5.43 Å². The Morgan fingerprint density at radius 2 is 2.39 bits per heavy atom. The Bertz CT molecular complexity index is 579. The van der Waals surface area contributed by atoms with E-state index in [0.717, 1.165) is 5.56 Å². The van der Waals surface area contributed by atoms with Crippen LogP contribution in [0.15, 0.2) is 24.5 Å². The van der Waals surface area contributed by atoms with Crippen molar-refractivity contribution in [1.29, 1.82) is 0 Å². The van der Waals surface area contributed by atoms with Gasteiger partial charge < -0.3 is 15.5 Å². The largest absolute Gasteiger partial charge is 0.392 e. The number of rotatable bonds is 4. The molecule has 0 saturated heterocycles. The first-order chi connectivity index (χ1) is 8.61. The number of aryl methyl sites for hydroxylation is 1. The third kappa shape index (κ3) is 2.28. The molecule has 0 unspecified atom stereocenters. The van der Waals surface area contributed by atoms with Crippen LogP contribution in [-0.4, -0.2) is 19.7 Å². The van der Waals surface area contributed by atoms with Crippen molar-refractivity contribution >= 4 is 11.6 Å². The van der Waals surface area contributed by atoms with Crippen LogP contribution < -0.4 is 11.3 Å². The van der Waals surface area contributed by atoms with Crippen molar-refractivity contribution in [3.63, 3.8) is 0 Å². The molecule has 18 heavy (non-hydrogen) atoms. The summed E-state index contributed by atoms with van der Waals surface area (Å²) in [5.41, 5.74) is 3.80. The number of nitrogens with zero attached hydrogens (tertiary/aromatic N) is 4. The van der Waals surface area contributed by atoms with E-state index in [1.165, 1.54) is 4.68 Å². The van der Waals surface area contributed by atoms with Crippen LogP contribution in [0.5, 0.6) is 0 Å². The lowest BCUT2D eigenvalue weighted by atomic mass is 10.2. The number of hydrazine groups is 1. The summed E-state index contributed by atoms with van der Waals surface area (Å²) in [5, 5.41) is 14.6. The van der Waals surface area contributed by atoms with Crippen LogP contribution in [0.4, 0.5) is 11.6 Å². The van der Waals surface area contributed by atoms with Crippen LogP contribution in [-0.2, 0) is 6.54 Å². The van der Waals surface area contributed by atoms with Gasteiger partial charge in [0, 0.05) is 11.8 Å². The average molecular weight is 248 g/mol. The first kappa shape index (κ1) is 12.0. The van der Waals surface area contributed by atoms with Gasteiger partial charge in [-0.25, -0.2) is 10.8 Å². The van der Waals surface area contributed by atoms with Gasteiger partial charge in [0.1, 0.15) is 5.82 Å². The maximum atomic E-state index is 10.7. The summed E-state index contributed by atoms with van der Waals surface area (Å²) in [6, 6.07) is 3.59. The van der Waals surface area contributed by atoms with Crippen molar-refractivity contribution in [1.82, 2.24) is 14.8 Å². The molecular formula is C10H12N6O2. The van der Waals surface area contributed by atoms with Gasteiger partial charge in [-0.2, -0.15) is 4.68 Å². The van der Waals surface area contributed by atoms with Crippen molar-refractivity contribution in [3.8, 4) is 0 Å². The molecular weight excluding hydrogens is 236 g/mol. The zero-order chi connectivity index (χ0) is 13.1. The predicted molar refractivity (Wildman–Crippen MR) is 64.8 cm³/mol. The highest BCUT2D eigenvalue weighted by molar-refractivity contribution is 5.42. The van der Waals surface area contributed by atoms with Gasteiger partial charge in [0.2, 0.25) is 0 Å². The van der Waals surface area contributed by atoms with Crippen molar-refractivity contribution in [2.24, 2.45) is 5.84 Å². The summed E-state index contributed by atoms with van der Waals surface area (Å²) >= 11 is 0. The fraction of sp³-hybridized carbons (Fsp3) is 0.200. The lowest BCUT2D eigenvalue weighted by Gasteiger charge is -2.05. The molecule has 0 amide bonds. The average Bonchev–Trinajstić information content (AvgIpc) is 2.71. The molecule has 0 aromatic carbocycles. The highest BCUT2D eigenvalue weighted by Gasteiger charge is 2.17. The van der Waals surface area contributed by atoms with Crippen LogP contribution in [0, 0.1) is 17.0 Å². The zero-order valence-corrected chi connectivity index (χ0v) is 9.70. The Morgan fingerprint density at radius 3 is 3.00 bits per heavy atom. The quantitative estimate of drug-likeness (QED) is 0.470. The first-order valence-electron chi connectivity index (χ1n) is 5.20. The van der Waals surface area contributed by atoms with Gasteiger partial charge in [-0.3, -0.25) is 0 Å². The number of nitrogens with one attached hydrogen (secondary N) is 1. The van der Waals surface area contributed by atoms with E-state index < -0.39 is 4.92 Å². The molecule has 8 nitrogen and oxygen atoms in total. The van der Waals surface area contributed by atoms with Gasteiger partial charge in [-0.05, 0) is 17.9 Å². The molecule has 0 bridgehead atoms. The Hall–Kier alpha value is -2.48. The Labute approximate surface area is 103 Å². The topological polar surface area (TPSA) is 112 Å². The van der Waals surface area contributed by atoms with Crippen LogP contribution in [0.3, 0.4) is 0 Å². The van der Waals surface area contributed by atoms with Crippen molar-refractivity contribution in [2.45, 2.75) is 13.5 Å². The molecule has 0 atom stereocenters. The van der Waals surface area contributed by atoms with Gasteiger partial charge in [-0.15, -0.1) is 0 Å². The molecule has 0 aliphatic heterocycles. The number of nitro groups is 1. The lowest BCUT2D eigenvalue weighted by Crippen LogP contribution is -2.12. The minimum Gasteiger partial charge on any atom is -0.358 e. The van der Waals surface area contributed by atoms with Crippen LogP contribution in [0.25, 0.3) is 0 Å². The highest BCUT2D eigenvalue weighted by atomic mass is 16.6. The van der Waals surface area contributed by atoms with Gasteiger partial charge in [0.25, 0.3) is 0 Å². The molecule has 94 valence electrons. The second kappa shape index (κ2) is 4.80. The normalized spacial score (nSPS) is 10.3. The fourth-order valence-electron chi connectivity index (χ4n) is 1.64. The molecule has 2 aromatic heterocycles. The van der Waals surface area contributed by atoms with Gasteiger partial charge >= 0.3 is 5.82 Å². The highest BCUT2D eigenvalue weighted by Crippen LogP contribution is 2.17. The van der Waals surface area contributed by atoms with Gasteiger partial charge in [0.15, 0.2) is 0 Å². The SMILES string of the molecule is Cc1cn(Cc2cccnc2NN)nc1[N+](=O)[O-]. The first-order valence-corrected chi connectivity index (χ1v) is 5.20. The summed E-state index contributed by atoms with van der Waals surface area (Å²) in [5.74, 6) is 5.72. The Balaban J connectivity index is 2.29. The number of nitrogens with two attached hydrogens (primary N) is 1. The number of aromatic nitrogens is 3. The van der Waals surface area contributed by atoms with E-state index >= 15 is 0 Å². The summed E-state index contributed by atoms with van der Waals surface area (Å²) in [6.07, 6.45) is 3.22. The third-order valence-electron chi connectivity index (χ3n) is 2.45. The number of hydrogen-bond donors (Lipinski definition) is 2. The molecule has 2 rings (SSSR count). The maximum Gasteiger partial charge on any atom is 0.392 e. The number of anilines is 1. The molecule has 0 aliphatic carbocycles. The van der Waals surface area contributed by atoms with E-state index in [0.29, 0.717) is 17.9 Å². The third-order valence-corrected chi connectivity index (χ3v) is 2.45. The van der Waals surface area contributed by atoms with Crippen LogP contribution >= 0.6 is 0 Å². The maximum absolute atomic E-state index is 10.7. The Kier molecular flexibility index (Phi) is 3.20. The van der Waals surface area contributed by atoms with E-state index in [2.05, 4.69) is 15.5 Å². The zero-order valence-electron chi connectivity index (χ0n) is 9.70. The lowest BCUT2D eigenvalue weighted by molar-refractivity contribution is -0.390. The monoisotopic (exact) mass is 248 g/mol. The molecule has 2 heterocycles. The standard InChI is InChI=1S/C10H12N6O2/c1-7-5-15(14-10(7)16(17)18)6-8-3-2-4-12-9(8)13-11/h2-5H,6,11H2,1H3,(H,12,13). The minimum absolute atomic E-state index is 0.138. The van der Waals surface area contributed by atoms with Crippen LogP contribution in [0.1, 0.15) is 11.1 Å². The van der Waals surface area contributed by atoms with E-state index in [4.69, 9.17) is 5.84 Å². The molecule has 0 radical (unpaired) electrons. The molecule has 0 saturated carbocycles. The molecule has 0 spiro atoms. The molecule has 0 fully saturated rings. The van der Waals surface area contributed by atoms with E-state index in [1.54, 1.807) is 25.4 Å². The second-order valence-corrected chi connectivity index (χ2v) is 3.75. The van der Waals surface area contributed by atoms with E-state index in [9.17, 15) is 10.1 Å². The summed E-state index contributed by atoms with van der Waals surface area (Å²) in [7, 11) is 0. The van der Waals surface area contributed by atoms with Crippen molar-refractivity contribution < 1.29 is 4.92 Å². The minimum atomic E-state index is -0.503. The number of nitrogen functional groups attached to an aromatic ring is 1. The molecule has 8 heteroatoms. The second-order valence-electron chi connectivity index (χ2n) is 3.75. The Morgan fingerprint density at radius 1 is 1.61 bits per heavy atom. The molecule has 0 aliphatic rings. The van der Waals surface area contributed by atoms with E-state index in [-0.39, 0.29) is 5.82 Å². The fourth-order valence-corrected chi connectivity index (χ4v) is 1.64. The van der Waals surface area contributed by atoms with Gasteiger partial charge in [-0.1, -0.05) is 6.07 Å². The van der Waals surface area contributed by atoms with Gasteiger partial charge in [0.05, 0.1) is 23.4 Å². The smallest absolute Gasteiger partial charge is 0.358 e. The molecule has 3 N–H and O–H groups in total. The van der Waals surface area contributed by atoms with E-state index in [1.807, 2.05) is 6.07 Å². The van der Waals surface area contributed by atoms with Crippen LogP contribution in [0.2, 0.25) is 0 Å². The predicted octanol–water partition coefficient (Wildman–Crippen LogP) is 0.829.